The Balaban J connectivity index is 1.90. The van der Waals surface area contributed by atoms with Crippen LogP contribution in [0.4, 0.5) is 5.82 Å². The quantitative estimate of drug-likeness (QED) is 0.712. The average Bonchev–Trinajstić information content (AvgIpc) is 3.15. The van der Waals surface area contributed by atoms with Crippen molar-refractivity contribution in [2.75, 3.05) is 12.0 Å². The van der Waals surface area contributed by atoms with Crippen LogP contribution in [-0.4, -0.2) is 18.0 Å². The maximum Gasteiger partial charge on any atom is 0.269 e. The molecule has 3 rings (SSSR count). The topological polar surface area (TPSA) is 42.4 Å². The highest BCUT2D eigenvalue weighted by atomic mass is 32.1. The second-order valence-corrected chi connectivity index (χ2v) is 5.85. The number of hydrogen-bond donors (Lipinski definition) is 0. The lowest BCUT2D eigenvalue weighted by Crippen LogP contribution is -2.30. The predicted molar refractivity (Wildman–Crippen MR) is 92.1 cm³/mol. The first-order valence-electron chi connectivity index (χ1n) is 7.17. The molecule has 0 aliphatic rings. The number of carbonyl (C=O) groups excluding carboxylic acids is 1. The number of rotatable bonds is 5. The van der Waals surface area contributed by atoms with Crippen molar-refractivity contribution in [1.29, 1.82) is 0 Å². The zero-order chi connectivity index (χ0) is 16.1. The third kappa shape index (κ3) is 3.57. The monoisotopic (exact) mass is 324 g/mol. The van der Waals surface area contributed by atoms with E-state index >= 15 is 0 Å². The highest BCUT2D eigenvalue weighted by Gasteiger charge is 2.19. The first kappa shape index (κ1) is 15.2. The molecule has 0 fully saturated rings. The molecule has 23 heavy (non-hydrogen) atoms. The number of aromatic nitrogens is 1. The van der Waals surface area contributed by atoms with Gasteiger partial charge in [-0.05, 0) is 41.3 Å². The fraction of sp³-hybridized carbons (Fsp3) is 0.111. The lowest BCUT2D eigenvalue weighted by molar-refractivity contribution is 0.0988. The summed E-state index contributed by atoms with van der Waals surface area (Å²) < 4.78 is 5.17. The number of pyridine rings is 1. The number of carbonyl (C=O) groups is 1. The molecule has 5 heteroatoms. The molecule has 0 unspecified atom stereocenters. The third-order valence-electron chi connectivity index (χ3n) is 3.40. The Morgan fingerprint density at radius 1 is 1.13 bits per heavy atom. The fourth-order valence-electron chi connectivity index (χ4n) is 2.22. The predicted octanol–water partition coefficient (Wildman–Crippen LogP) is 4.00. The molecule has 0 spiro atoms. The van der Waals surface area contributed by atoms with E-state index in [4.69, 9.17) is 4.74 Å². The number of benzene rings is 1. The summed E-state index contributed by atoms with van der Waals surface area (Å²) in [6.45, 7) is 0.456. The summed E-state index contributed by atoms with van der Waals surface area (Å²) in [6, 6.07) is 17.0. The first-order valence-corrected chi connectivity index (χ1v) is 8.05. The summed E-state index contributed by atoms with van der Waals surface area (Å²) in [5, 5.41) is 1.90. The van der Waals surface area contributed by atoms with Crippen molar-refractivity contribution < 1.29 is 9.53 Å². The maximum atomic E-state index is 12.8. The highest BCUT2D eigenvalue weighted by molar-refractivity contribution is 7.12. The van der Waals surface area contributed by atoms with Gasteiger partial charge in [0, 0.05) is 6.20 Å². The maximum absolute atomic E-state index is 12.8. The molecule has 2 heterocycles. The largest absolute Gasteiger partial charge is 0.497 e. The van der Waals surface area contributed by atoms with Crippen molar-refractivity contribution >= 4 is 23.1 Å². The van der Waals surface area contributed by atoms with Crippen LogP contribution in [-0.2, 0) is 6.54 Å². The number of nitrogens with zero attached hydrogens (tertiary/aromatic N) is 2. The summed E-state index contributed by atoms with van der Waals surface area (Å²) in [5.41, 5.74) is 1.02. The van der Waals surface area contributed by atoms with E-state index in [-0.39, 0.29) is 5.91 Å². The van der Waals surface area contributed by atoms with Crippen LogP contribution in [0.5, 0.6) is 5.75 Å². The minimum absolute atomic E-state index is 0.0467. The summed E-state index contributed by atoms with van der Waals surface area (Å²) in [5.74, 6) is 1.39. The van der Waals surface area contributed by atoms with Gasteiger partial charge >= 0.3 is 0 Å². The minimum atomic E-state index is -0.0467. The zero-order valence-electron chi connectivity index (χ0n) is 12.7. The second kappa shape index (κ2) is 7.07. The van der Waals surface area contributed by atoms with Crippen LogP contribution in [0.15, 0.2) is 66.2 Å². The Hall–Kier alpha value is -2.66. The van der Waals surface area contributed by atoms with Gasteiger partial charge in [-0.3, -0.25) is 9.69 Å². The van der Waals surface area contributed by atoms with Gasteiger partial charge in [0.05, 0.1) is 18.5 Å². The lowest BCUT2D eigenvalue weighted by atomic mass is 10.2. The van der Waals surface area contributed by atoms with Gasteiger partial charge in [0.1, 0.15) is 11.6 Å². The molecule has 2 aromatic heterocycles. The Morgan fingerprint density at radius 2 is 1.96 bits per heavy atom. The van der Waals surface area contributed by atoms with Crippen molar-refractivity contribution in [2.24, 2.45) is 0 Å². The van der Waals surface area contributed by atoms with E-state index in [2.05, 4.69) is 4.98 Å². The van der Waals surface area contributed by atoms with Crippen LogP contribution in [0.25, 0.3) is 0 Å². The van der Waals surface area contributed by atoms with E-state index in [1.165, 1.54) is 11.3 Å². The van der Waals surface area contributed by atoms with Gasteiger partial charge in [0.25, 0.3) is 5.91 Å². The van der Waals surface area contributed by atoms with Crippen molar-refractivity contribution in [2.45, 2.75) is 6.54 Å². The standard InChI is InChI=1S/C18H16N2O2S/c1-22-15-9-7-14(8-10-15)13-20(17-6-2-3-11-19-17)18(21)16-5-4-12-23-16/h2-12H,13H2,1H3. The molecule has 116 valence electrons. The fourth-order valence-corrected chi connectivity index (χ4v) is 2.89. The molecule has 1 amide bonds. The number of amides is 1. The summed E-state index contributed by atoms with van der Waals surface area (Å²) in [6.07, 6.45) is 1.69. The van der Waals surface area contributed by atoms with Gasteiger partial charge in [-0.1, -0.05) is 24.3 Å². The molecule has 0 saturated heterocycles. The van der Waals surface area contributed by atoms with Crippen molar-refractivity contribution in [3.05, 3.63) is 76.6 Å². The molecule has 4 nitrogen and oxygen atoms in total. The number of ether oxygens (including phenoxy) is 1. The van der Waals surface area contributed by atoms with Gasteiger partial charge < -0.3 is 4.74 Å². The number of hydrogen-bond acceptors (Lipinski definition) is 4. The Bertz CT molecular complexity index is 755. The lowest BCUT2D eigenvalue weighted by Gasteiger charge is -2.21. The summed E-state index contributed by atoms with van der Waals surface area (Å²) in [4.78, 5) is 19.5. The van der Waals surface area contributed by atoms with Gasteiger partial charge in [-0.15, -0.1) is 11.3 Å². The molecular formula is C18H16N2O2S. The van der Waals surface area contributed by atoms with Crippen LogP contribution in [0.1, 0.15) is 15.2 Å². The van der Waals surface area contributed by atoms with E-state index in [0.29, 0.717) is 17.2 Å². The van der Waals surface area contributed by atoms with Crippen LogP contribution in [0, 0.1) is 0 Å². The summed E-state index contributed by atoms with van der Waals surface area (Å²) in [7, 11) is 1.63. The Morgan fingerprint density at radius 3 is 2.57 bits per heavy atom. The molecule has 0 radical (unpaired) electrons. The van der Waals surface area contributed by atoms with Crippen LogP contribution < -0.4 is 9.64 Å². The van der Waals surface area contributed by atoms with Crippen molar-refractivity contribution in [3.63, 3.8) is 0 Å². The second-order valence-electron chi connectivity index (χ2n) is 4.90. The molecular weight excluding hydrogens is 308 g/mol. The Kier molecular flexibility index (Phi) is 4.68. The van der Waals surface area contributed by atoms with Gasteiger partial charge in [0.2, 0.25) is 0 Å². The van der Waals surface area contributed by atoms with Crippen LogP contribution in [0.3, 0.4) is 0 Å². The molecule has 0 aliphatic carbocycles. The number of methoxy groups -OCH3 is 1. The molecule has 0 bridgehead atoms. The third-order valence-corrected chi connectivity index (χ3v) is 4.26. The molecule has 3 aromatic rings. The van der Waals surface area contributed by atoms with Crippen LogP contribution >= 0.6 is 11.3 Å². The normalized spacial score (nSPS) is 10.3. The van der Waals surface area contributed by atoms with E-state index in [9.17, 15) is 4.79 Å². The minimum Gasteiger partial charge on any atom is -0.497 e. The van der Waals surface area contributed by atoms with Gasteiger partial charge in [0.15, 0.2) is 0 Å². The van der Waals surface area contributed by atoms with Gasteiger partial charge in [-0.25, -0.2) is 4.98 Å². The van der Waals surface area contributed by atoms with Crippen molar-refractivity contribution in [1.82, 2.24) is 4.98 Å². The first-order chi connectivity index (χ1) is 11.3. The summed E-state index contributed by atoms with van der Waals surface area (Å²) >= 11 is 1.43. The number of thiophene rings is 1. The van der Waals surface area contributed by atoms with E-state index in [1.54, 1.807) is 18.2 Å². The van der Waals surface area contributed by atoms with E-state index < -0.39 is 0 Å². The van der Waals surface area contributed by atoms with Gasteiger partial charge in [-0.2, -0.15) is 0 Å². The van der Waals surface area contributed by atoms with Crippen molar-refractivity contribution in [3.8, 4) is 5.75 Å². The molecule has 0 N–H and O–H groups in total. The zero-order valence-corrected chi connectivity index (χ0v) is 13.5. The van der Waals surface area contributed by atoms with E-state index in [1.807, 2.05) is 60.0 Å². The smallest absolute Gasteiger partial charge is 0.269 e. The van der Waals surface area contributed by atoms with E-state index in [0.717, 1.165) is 11.3 Å². The molecule has 1 aromatic carbocycles. The SMILES string of the molecule is COc1ccc(CN(C(=O)c2cccs2)c2ccccn2)cc1. The molecule has 0 aliphatic heterocycles. The van der Waals surface area contributed by atoms with Crippen LogP contribution in [0.2, 0.25) is 0 Å². The number of anilines is 1. The average molecular weight is 324 g/mol. The molecule has 0 saturated carbocycles. The molecule has 0 atom stereocenters. The highest BCUT2D eigenvalue weighted by Crippen LogP contribution is 2.21. The Labute approximate surface area is 139 Å².